The van der Waals surface area contributed by atoms with Crippen molar-refractivity contribution in [2.24, 2.45) is 0 Å². The van der Waals surface area contributed by atoms with Crippen LogP contribution in [0.4, 0.5) is 14.9 Å². The van der Waals surface area contributed by atoms with Gasteiger partial charge in [0.2, 0.25) is 11.8 Å². The third-order valence-electron chi connectivity index (χ3n) is 7.44. The van der Waals surface area contributed by atoms with Gasteiger partial charge < -0.3 is 20.4 Å². The van der Waals surface area contributed by atoms with Crippen molar-refractivity contribution in [3.8, 4) is 0 Å². The third-order valence-corrected chi connectivity index (χ3v) is 7.84. The topological polar surface area (TPSA) is 85.0 Å². The molecule has 0 aliphatic carbocycles. The number of fused-ring (bicyclic) bond motifs is 2. The maximum absolute atomic E-state index is 13.3. The third kappa shape index (κ3) is 5.84. The Morgan fingerprint density at radius 1 is 1.16 bits per heavy atom. The number of aryl methyl sites for hydroxylation is 1. The minimum absolute atomic E-state index is 0.00893. The van der Waals surface area contributed by atoms with Gasteiger partial charge in [-0.3, -0.25) is 14.5 Å². The molecule has 3 saturated heterocycles. The van der Waals surface area contributed by atoms with Crippen LogP contribution >= 0.6 is 11.6 Å². The Morgan fingerprint density at radius 2 is 1.87 bits per heavy atom. The summed E-state index contributed by atoms with van der Waals surface area (Å²) in [4.78, 5) is 43.5. The number of carbonyl (C=O) groups excluding carboxylic acids is 3. The molecule has 0 radical (unpaired) electrons. The number of halogens is 2. The number of hydrogen-bond acceptors (Lipinski definition) is 4. The van der Waals surface area contributed by atoms with Crippen LogP contribution in [-0.4, -0.2) is 77.4 Å². The molecule has 3 fully saturated rings. The van der Waals surface area contributed by atoms with E-state index >= 15 is 0 Å². The molecule has 2 unspecified atom stereocenters. The Balaban J connectivity index is 1.26. The maximum atomic E-state index is 13.3. The zero-order valence-electron chi connectivity index (χ0n) is 21.3. The van der Waals surface area contributed by atoms with Gasteiger partial charge in [-0.05, 0) is 66.8 Å². The lowest BCUT2D eigenvalue weighted by atomic mass is 10.1. The molecule has 3 aliphatic heterocycles. The van der Waals surface area contributed by atoms with Gasteiger partial charge in [0.05, 0.1) is 5.69 Å². The molecule has 2 aromatic carbocycles. The summed E-state index contributed by atoms with van der Waals surface area (Å²) < 4.78 is 13.3. The van der Waals surface area contributed by atoms with Gasteiger partial charge >= 0.3 is 6.03 Å². The molecule has 0 spiro atoms. The normalized spacial score (nSPS) is 21.6. The molecule has 8 nitrogen and oxygen atoms in total. The van der Waals surface area contributed by atoms with Crippen LogP contribution in [0.3, 0.4) is 0 Å². The molecule has 200 valence electrons. The number of urea groups is 1. The van der Waals surface area contributed by atoms with Gasteiger partial charge in [-0.15, -0.1) is 0 Å². The number of likely N-dealkylation sites (tertiary alicyclic amines) is 1. The summed E-state index contributed by atoms with van der Waals surface area (Å²) in [6.07, 6.45) is 5.19. The average Bonchev–Trinajstić information content (AvgIpc) is 3.16. The van der Waals surface area contributed by atoms with E-state index in [4.69, 9.17) is 11.6 Å². The second-order valence-corrected chi connectivity index (χ2v) is 10.6. The highest BCUT2D eigenvalue weighted by Gasteiger charge is 2.41. The number of benzene rings is 2. The molecule has 2 atom stereocenters. The minimum atomic E-state index is -0.393. The largest absolute Gasteiger partial charge is 0.353 e. The molecular formula is C28H31ClFN5O3. The summed E-state index contributed by atoms with van der Waals surface area (Å²) >= 11 is 6.34. The van der Waals surface area contributed by atoms with Crippen LogP contribution in [0.15, 0.2) is 42.5 Å². The number of nitrogens with one attached hydrogen (secondary N) is 2. The average molecular weight is 540 g/mol. The van der Waals surface area contributed by atoms with Crippen LogP contribution < -0.4 is 10.6 Å². The van der Waals surface area contributed by atoms with Crippen molar-refractivity contribution < 1.29 is 18.8 Å². The van der Waals surface area contributed by atoms with Gasteiger partial charge in [0.15, 0.2) is 0 Å². The predicted molar refractivity (Wildman–Crippen MR) is 144 cm³/mol. The highest BCUT2D eigenvalue weighted by Crippen LogP contribution is 2.32. The second-order valence-electron chi connectivity index (χ2n) is 10.2. The van der Waals surface area contributed by atoms with Gasteiger partial charge in [-0.2, -0.15) is 0 Å². The summed E-state index contributed by atoms with van der Waals surface area (Å²) in [5.41, 5.74) is 3.03. The fourth-order valence-corrected chi connectivity index (χ4v) is 5.69. The lowest BCUT2D eigenvalue weighted by molar-refractivity contribution is -0.131. The van der Waals surface area contributed by atoms with Crippen LogP contribution in [0.5, 0.6) is 0 Å². The number of hydrogen-bond donors (Lipinski definition) is 2. The van der Waals surface area contributed by atoms with Crippen molar-refractivity contribution in [1.82, 2.24) is 20.0 Å². The lowest BCUT2D eigenvalue weighted by Gasteiger charge is -2.40. The van der Waals surface area contributed by atoms with Crippen LogP contribution in [-0.2, 0) is 16.1 Å². The van der Waals surface area contributed by atoms with Gasteiger partial charge in [-0.1, -0.05) is 23.7 Å². The van der Waals surface area contributed by atoms with E-state index in [1.807, 2.05) is 30.0 Å². The quantitative estimate of drug-likeness (QED) is 0.568. The van der Waals surface area contributed by atoms with E-state index in [1.165, 1.54) is 17.0 Å². The zero-order chi connectivity index (χ0) is 26.8. The smallest absolute Gasteiger partial charge is 0.322 e. The molecular weight excluding hydrogens is 509 g/mol. The number of rotatable bonds is 5. The molecule has 2 bridgehead atoms. The second kappa shape index (κ2) is 11.1. The Bertz CT molecular complexity index is 1250. The van der Waals surface area contributed by atoms with Crippen LogP contribution in [0, 0.1) is 12.7 Å². The van der Waals surface area contributed by atoms with Crippen molar-refractivity contribution in [2.75, 3.05) is 38.0 Å². The van der Waals surface area contributed by atoms with E-state index in [9.17, 15) is 18.8 Å². The molecule has 3 aliphatic rings. The standard InChI is InChI=1S/C28H31ClFN5O3/c1-18-12-20(25(13-24(18)29)32-28(38)34-11-10-31-26(36)17-34)4-9-27(37)35-22-7-8-23(35)16-33(15-22)14-19-2-5-21(30)6-3-19/h2-6,9,12-13,22-23H,7-8,10-11,14-17H2,1H3,(H,31,36)(H,32,38)/b9-4+. The molecule has 4 amide bonds. The number of amides is 4. The van der Waals surface area contributed by atoms with Crippen LogP contribution in [0.25, 0.3) is 6.08 Å². The Morgan fingerprint density at radius 3 is 2.55 bits per heavy atom. The van der Waals surface area contributed by atoms with E-state index in [1.54, 1.807) is 18.2 Å². The SMILES string of the molecule is Cc1cc(/C=C/C(=O)N2C3CCC2CN(Cc2ccc(F)cc2)C3)c(NC(=O)N2CCNC(=O)C2)cc1Cl. The first-order valence-electron chi connectivity index (χ1n) is 12.9. The summed E-state index contributed by atoms with van der Waals surface area (Å²) in [6.45, 7) is 4.96. The van der Waals surface area contributed by atoms with Crippen molar-refractivity contribution >= 4 is 41.2 Å². The summed E-state index contributed by atoms with van der Waals surface area (Å²) in [5, 5.41) is 6.05. The molecule has 5 rings (SSSR count). The predicted octanol–water partition coefficient (Wildman–Crippen LogP) is 3.64. The number of anilines is 1. The summed E-state index contributed by atoms with van der Waals surface area (Å²) in [6, 6.07) is 9.94. The van der Waals surface area contributed by atoms with Crippen molar-refractivity contribution in [3.63, 3.8) is 0 Å². The van der Waals surface area contributed by atoms with E-state index in [2.05, 4.69) is 15.5 Å². The number of nitrogens with zero attached hydrogens (tertiary/aromatic N) is 3. The lowest BCUT2D eigenvalue weighted by Crippen LogP contribution is -2.55. The molecule has 3 heterocycles. The summed E-state index contributed by atoms with van der Waals surface area (Å²) in [5.74, 6) is -0.503. The fraction of sp³-hybridized carbons (Fsp3) is 0.393. The van der Waals surface area contributed by atoms with Gasteiger partial charge in [0, 0.05) is 55.9 Å². The first kappa shape index (κ1) is 26.2. The molecule has 0 saturated carbocycles. The molecule has 2 aromatic rings. The minimum Gasteiger partial charge on any atom is -0.353 e. The van der Waals surface area contributed by atoms with Crippen molar-refractivity contribution in [1.29, 1.82) is 0 Å². The molecule has 10 heteroatoms. The van der Waals surface area contributed by atoms with E-state index in [0.29, 0.717) is 29.4 Å². The van der Waals surface area contributed by atoms with Crippen molar-refractivity contribution in [3.05, 3.63) is 70.0 Å². The monoisotopic (exact) mass is 539 g/mol. The van der Waals surface area contributed by atoms with Gasteiger partial charge in [-0.25, -0.2) is 9.18 Å². The Kier molecular flexibility index (Phi) is 7.67. The Hall–Kier alpha value is -3.43. The summed E-state index contributed by atoms with van der Waals surface area (Å²) in [7, 11) is 0. The Labute approximate surface area is 226 Å². The van der Waals surface area contributed by atoms with Crippen LogP contribution in [0.1, 0.15) is 29.5 Å². The highest BCUT2D eigenvalue weighted by atomic mass is 35.5. The van der Waals surface area contributed by atoms with E-state index in [-0.39, 0.29) is 36.3 Å². The van der Waals surface area contributed by atoms with Crippen molar-refractivity contribution in [2.45, 2.75) is 38.4 Å². The highest BCUT2D eigenvalue weighted by molar-refractivity contribution is 6.31. The van der Waals surface area contributed by atoms with Gasteiger partial charge in [0.25, 0.3) is 0 Å². The van der Waals surface area contributed by atoms with Gasteiger partial charge in [0.1, 0.15) is 12.4 Å². The number of piperazine rings is 2. The molecule has 2 N–H and O–H groups in total. The van der Waals surface area contributed by atoms with E-state index < -0.39 is 6.03 Å². The molecule has 0 aromatic heterocycles. The zero-order valence-corrected chi connectivity index (χ0v) is 22.0. The fourth-order valence-electron chi connectivity index (χ4n) is 5.53. The first-order chi connectivity index (χ1) is 18.3. The first-order valence-corrected chi connectivity index (χ1v) is 13.2. The van der Waals surface area contributed by atoms with E-state index in [0.717, 1.165) is 43.6 Å². The number of carbonyl (C=O) groups is 3. The molecule has 38 heavy (non-hydrogen) atoms. The van der Waals surface area contributed by atoms with Crippen LogP contribution in [0.2, 0.25) is 5.02 Å². The maximum Gasteiger partial charge on any atom is 0.322 e.